The fourth-order valence-corrected chi connectivity index (χ4v) is 2.02. The lowest BCUT2D eigenvalue weighted by molar-refractivity contribution is 0.636. The molecule has 0 bridgehead atoms. The normalized spacial score (nSPS) is 12.5. The van der Waals surface area contributed by atoms with Gasteiger partial charge in [-0.05, 0) is 17.5 Å². The summed E-state index contributed by atoms with van der Waals surface area (Å²) < 4.78 is 0. The van der Waals surface area contributed by atoms with Crippen LogP contribution in [0.1, 0.15) is 20.3 Å². The molecule has 0 spiro atoms. The minimum absolute atomic E-state index is 0.237. The van der Waals surface area contributed by atoms with Gasteiger partial charge in [-0.15, -0.1) is 0 Å². The standard InChI is InChI=1S/C9H15ClN4S/c1-4-6(2)5-15-9-13-7(10)12-8(11-3)14-9/h6H,4-5H2,1-3H3,(H,11,12,13,14). The van der Waals surface area contributed by atoms with Crippen LogP contribution in [0.5, 0.6) is 0 Å². The van der Waals surface area contributed by atoms with Crippen LogP contribution in [-0.4, -0.2) is 27.8 Å². The molecule has 0 radical (unpaired) electrons. The lowest BCUT2D eigenvalue weighted by Gasteiger charge is -2.07. The van der Waals surface area contributed by atoms with Gasteiger partial charge in [0.2, 0.25) is 11.2 Å². The van der Waals surface area contributed by atoms with E-state index in [2.05, 4.69) is 34.1 Å². The Kier molecular flexibility index (Phi) is 5.11. The first kappa shape index (κ1) is 12.5. The third kappa shape index (κ3) is 4.22. The van der Waals surface area contributed by atoms with Crippen molar-refractivity contribution in [3.05, 3.63) is 5.28 Å². The van der Waals surface area contributed by atoms with E-state index in [0.717, 1.165) is 12.2 Å². The van der Waals surface area contributed by atoms with Crippen molar-refractivity contribution in [1.82, 2.24) is 15.0 Å². The fourth-order valence-electron chi connectivity index (χ4n) is 0.843. The smallest absolute Gasteiger partial charge is 0.228 e. The van der Waals surface area contributed by atoms with Crippen molar-refractivity contribution >= 4 is 29.3 Å². The summed E-state index contributed by atoms with van der Waals surface area (Å²) in [5.41, 5.74) is 0. The third-order valence-electron chi connectivity index (χ3n) is 2.01. The molecule has 1 unspecified atom stereocenters. The van der Waals surface area contributed by atoms with Crippen LogP contribution in [0.4, 0.5) is 5.95 Å². The molecule has 15 heavy (non-hydrogen) atoms. The molecule has 0 aliphatic carbocycles. The van der Waals surface area contributed by atoms with Gasteiger partial charge in [0.1, 0.15) is 0 Å². The van der Waals surface area contributed by atoms with E-state index >= 15 is 0 Å². The van der Waals surface area contributed by atoms with Crippen molar-refractivity contribution in [2.45, 2.75) is 25.4 Å². The highest BCUT2D eigenvalue weighted by Crippen LogP contribution is 2.20. The summed E-state index contributed by atoms with van der Waals surface area (Å²) in [5.74, 6) is 2.17. The maximum Gasteiger partial charge on any atom is 0.228 e. The molecule has 0 fully saturated rings. The summed E-state index contributed by atoms with van der Waals surface area (Å²) in [6.07, 6.45) is 1.16. The molecule has 4 nitrogen and oxygen atoms in total. The molecule has 0 aromatic carbocycles. The van der Waals surface area contributed by atoms with E-state index in [9.17, 15) is 0 Å². The maximum absolute atomic E-state index is 5.76. The van der Waals surface area contributed by atoms with Crippen LogP contribution in [0.25, 0.3) is 0 Å². The molecule has 84 valence electrons. The molecule has 0 aliphatic heterocycles. The molecule has 1 atom stereocenters. The molecule has 0 saturated carbocycles. The van der Waals surface area contributed by atoms with Gasteiger partial charge in [-0.25, -0.2) is 0 Å². The van der Waals surface area contributed by atoms with E-state index < -0.39 is 0 Å². The summed E-state index contributed by atoms with van der Waals surface area (Å²) in [5, 5.41) is 3.77. The zero-order chi connectivity index (χ0) is 11.3. The van der Waals surface area contributed by atoms with Crippen LogP contribution in [0.3, 0.4) is 0 Å². The monoisotopic (exact) mass is 246 g/mol. The van der Waals surface area contributed by atoms with Crippen LogP contribution in [0, 0.1) is 5.92 Å². The highest BCUT2D eigenvalue weighted by atomic mass is 35.5. The number of anilines is 1. The van der Waals surface area contributed by atoms with Gasteiger partial charge in [0, 0.05) is 12.8 Å². The zero-order valence-corrected chi connectivity index (χ0v) is 10.7. The molecule has 1 aromatic rings. The zero-order valence-electron chi connectivity index (χ0n) is 9.12. The summed E-state index contributed by atoms with van der Waals surface area (Å²) in [7, 11) is 1.76. The number of hydrogen-bond donors (Lipinski definition) is 1. The van der Waals surface area contributed by atoms with Crippen molar-refractivity contribution in [1.29, 1.82) is 0 Å². The molecular formula is C9H15ClN4S. The minimum Gasteiger partial charge on any atom is -0.357 e. The van der Waals surface area contributed by atoms with Gasteiger partial charge in [-0.1, -0.05) is 32.0 Å². The van der Waals surface area contributed by atoms with Crippen molar-refractivity contribution in [3.63, 3.8) is 0 Å². The lowest BCUT2D eigenvalue weighted by atomic mass is 10.2. The largest absolute Gasteiger partial charge is 0.357 e. The number of thioether (sulfide) groups is 1. The van der Waals surface area contributed by atoms with Crippen molar-refractivity contribution in [2.75, 3.05) is 18.1 Å². The third-order valence-corrected chi connectivity index (χ3v) is 3.35. The molecule has 1 aromatic heterocycles. The van der Waals surface area contributed by atoms with Crippen molar-refractivity contribution in [2.24, 2.45) is 5.92 Å². The quantitative estimate of drug-likeness (QED) is 0.810. The first-order valence-electron chi connectivity index (χ1n) is 4.87. The predicted octanol–water partition coefficient (Wildman–Crippen LogP) is 2.70. The Balaban J connectivity index is 2.64. The van der Waals surface area contributed by atoms with Crippen LogP contribution < -0.4 is 5.32 Å². The number of aromatic nitrogens is 3. The summed E-state index contributed by atoms with van der Waals surface area (Å²) >= 11 is 7.37. The molecule has 6 heteroatoms. The average Bonchev–Trinajstić information content (AvgIpc) is 2.25. The number of nitrogens with zero attached hydrogens (tertiary/aromatic N) is 3. The molecule has 1 heterocycles. The van der Waals surface area contributed by atoms with E-state index in [1.54, 1.807) is 18.8 Å². The minimum atomic E-state index is 0.237. The molecule has 1 N–H and O–H groups in total. The van der Waals surface area contributed by atoms with E-state index in [1.807, 2.05) is 0 Å². The lowest BCUT2D eigenvalue weighted by Crippen LogP contribution is -2.02. The highest BCUT2D eigenvalue weighted by molar-refractivity contribution is 7.99. The topological polar surface area (TPSA) is 50.7 Å². The van der Waals surface area contributed by atoms with Gasteiger partial charge < -0.3 is 5.32 Å². The number of nitrogens with one attached hydrogen (secondary N) is 1. The van der Waals surface area contributed by atoms with E-state index in [4.69, 9.17) is 11.6 Å². The molecular weight excluding hydrogens is 232 g/mol. The molecule has 0 saturated heterocycles. The second-order valence-electron chi connectivity index (χ2n) is 3.29. The Bertz CT molecular complexity index is 321. The summed E-state index contributed by atoms with van der Waals surface area (Å²) in [6, 6.07) is 0. The number of rotatable bonds is 5. The SMILES string of the molecule is CCC(C)CSc1nc(Cl)nc(NC)n1. The first-order chi connectivity index (χ1) is 7.15. The van der Waals surface area contributed by atoms with Gasteiger partial charge in [0.15, 0.2) is 5.16 Å². The Morgan fingerprint density at radius 3 is 2.73 bits per heavy atom. The van der Waals surface area contributed by atoms with E-state index in [0.29, 0.717) is 17.0 Å². The highest BCUT2D eigenvalue weighted by Gasteiger charge is 2.06. The fraction of sp³-hybridized carbons (Fsp3) is 0.667. The van der Waals surface area contributed by atoms with Gasteiger partial charge in [-0.2, -0.15) is 15.0 Å². The van der Waals surface area contributed by atoms with Crippen LogP contribution in [0.2, 0.25) is 5.28 Å². The van der Waals surface area contributed by atoms with Gasteiger partial charge in [-0.3, -0.25) is 0 Å². The second kappa shape index (κ2) is 6.12. The molecule has 0 aliphatic rings. The van der Waals surface area contributed by atoms with E-state index in [-0.39, 0.29) is 5.28 Å². The van der Waals surface area contributed by atoms with E-state index in [1.165, 1.54) is 0 Å². The predicted molar refractivity (Wildman–Crippen MR) is 64.6 cm³/mol. The van der Waals surface area contributed by atoms with Crippen LogP contribution >= 0.6 is 23.4 Å². The Morgan fingerprint density at radius 2 is 2.13 bits per heavy atom. The number of hydrogen-bond acceptors (Lipinski definition) is 5. The Morgan fingerprint density at radius 1 is 1.40 bits per heavy atom. The van der Waals surface area contributed by atoms with Crippen LogP contribution in [-0.2, 0) is 0 Å². The maximum atomic E-state index is 5.76. The second-order valence-corrected chi connectivity index (χ2v) is 4.61. The van der Waals surface area contributed by atoms with Gasteiger partial charge in [0.25, 0.3) is 0 Å². The van der Waals surface area contributed by atoms with Gasteiger partial charge >= 0.3 is 0 Å². The Labute approximate surface area is 99.3 Å². The van der Waals surface area contributed by atoms with Crippen molar-refractivity contribution in [3.8, 4) is 0 Å². The molecule has 0 amide bonds. The number of halogens is 1. The first-order valence-corrected chi connectivity index (χ1v) is 6.24. The summed E-state index contributed by atoms with van der Waals surface area (Å²) in [6.45, 7) is 4.37. The van der Waals surface area contributed by atoms with Gasteiger partial charge in [0.05, 0.1) is 0 Å². The summed E-state index contributed by atoms with van der Waals surface area (Å²) in [4.78, 5) is 12.2. The average molecular weight is 247 g/mol. The molecule has 1 rings (SSSR count). The van der Waals surface area contributed by atoms with Crippen LogP contribution in [0.15, 0.2) is 5.16 Å². The van der Waals surface area contributed by atoms with Crippen molar-refractivity contribution < 1.29 is 0 Å². The Hall–Kier alpha value is -0.550.